The monoisotopic (exact) mass is 314 g/mol. The maximum atomic E-state index is 12.8. The van der Waals surface area contributed by atoms with Gasteiger partial charge in [0.15, 0.2) is 0 Å². The van der Waals surface area contributed by atoms with Crippen molar-refractivity contribution in [2.75, 3.05) is 0 Å². The number of aliphatic imine (C=N–C) groups is 1. The van der Waals surface area contributed by atoms with Gasteiger partial charge in [-0.15, -0.1) is 0 Å². The van der Waals surface area contributed by atoms with Crippen LogP contribution in [0.4, 0.5) is 30.7 Å². The fourth-order valence-corrected chi connectivity index (χ4v) is 1.73. The van der Waals surface area contributed by atoms with Crippen molar-refractivity contribution in [1.29, 1.82) is 0 Å². The maximum absolute atomic E-state index is 12.8. The Bertz CT molecular complexity index is 586. The highest BCUT2D eigenvalue weighted by atomic mass is 19.4. The van der Waals surface area contributed by atoms with E-state index in [9.17, 15) is 35.5 Å². The first-order valence-corrected chi connectivity index (χ1v) is 5.30. The highest BCUT2D eigenvalue weighted by molar-refractivity contribution is 6.16. The second-order valence-electron chi connectivity index (χ2n) is 4.13. The molecule has 1 aromatic rings. The number of nitrogens with one attached hydrogen (secondary N) is 1. The molecule has 0 radical (unpaired) electrons. The molecule has 0 saturated heterocycles. The number of amides is 1. The van der Waals surface area contributed by atoms with Crippen LogP contribution in [0.15, 0.2) is 29.3 Å². The molecule has 0 unspecified atom stereocenters. The van der Waals surface area contributed by atoms with E-state index in [2.05, 4.69) is 4.99 Å². The minimum Gasteiger partial charge on any atom is -0.308 e. The fraction of sp³-hybridized carbons (Fsp3) is 0.273. The van der Waals surface area contributed by atoms with E-state index in [1.807, 2.05) is 0 Å². The van der Waals surface area contributed by atoms with Gasteiger partial charge in [0, 0.05) is 5.56 Å². The van der Waals surface area contributed by atoms with E-state index in [1.165, 1.54) is 5.32 Å². The third-order valence-electron chi connectivity index (χ3n) is 2.78. The van der Waals surface area contributed by atoms with Crippen LogP contribution in [0.3, 0.4) is 0 Å². The van der Waals surface area contributed by atoms with E-state index >= 15 is 0 Å². The SMILES string of the molecule is O=C1NC(c2ccc(F)cc2)=NC1(C(F)(F)F)C(F)(F)F. The van der Waals surface area contributed by atoms with Crippen LogP contribution in [-0.4, -0.2) is 29.6 Å². The lowest BCUT2D eigenvalue weighted by atomic mass is 9.99. The number of benzene rings is 1. The molecule has 1 aliphatic heterocycles. The van der Waals surface area contributed by atoms with Gasteiger partial charge >= 0.3 is 17.9 Å². The highest BCUT2D eigenvalue weighted by Crippen LogP contribution is 2.48. The molecular formula is C11H5F7N2O. The number of carbonyl (C=O) groups is 1. The lowest BCUT2D eigenvalue weighted by molar-refractivity contribution is -0.282. The largest absolute Gasteiger partial charge is 0.431 e. The molecule has 2 rings (SSSR count). The Morgan fingerprint density at radius 1 is 0.952 bits per heavy atom. The summed E-state index contributed by atoms with van der Waals surface area (Å²) in [7, 11) is 0. The van der Waals surface area contributed by atoms with Crippen molar-refractivity contribution in [3.63, 3.8) is 0 Å². The summed E-state index contributed by atoms with van der Waals surface area (Å²) in [5.41, 5.74) is -5.14. The Labute approximate surface area is 112 Å². The summed E-state index contributed by atoms with van der Waals surface area (Å²) >= 11 is 0. The standard InChI is InChI=1S/C11H5F7N2O/c12-6-3-1-5(2-4-6)7-19-8(21)9(20-7,10(13,14)15)11(16,17)18/h1-4H,(H,19,20,21). The molecule has 1 amide bonds. The minimum absolute atomic E-state index is 0.278. The number of hydrogen-bond acceptors (Lipinski definition) is 2. The second-order valence-corrected chi connectivity index (χ2v) is 4.13. The van der Waals surface area contributed by atoms with Gasteiger partial charge in [0.05, 0.1) is 0 Å². The maximum Gasteiger partial charge on any atom is 0.431 e. The van der Waals surface area contributed by atoms with Crippen LogP contribution in [0.2, 0.25) is 0 Å². The van der Waals surface area contributed by atoms with Gasteiger partial charge in [-0.05, 0) is 24.3 Å². The van der Waals surface area contributed by atoms with Gasteiger partial charge in [0.1, 0.15) is 11.7 Å². The molecule has 3 nitrogen and oxygen atoms in total. The fourth-order valence-electron chi connectivity index (χ4n) is 1.73. The van der Waals surface area contributed by atoms with E-state index in [1.54, 1.807) is 0 Å². The van der Waals surface area contributed by atoms with Crippen molar-refractivity contribution in [2.24, 2.45) is 4.99 Å². The molecule has 0 fully saturated rings. The number of carbonyl (C=O) groups excluding carboxylic acids is 1. The Morgan fingerprint density at radius 2 is 1.43 bits per heavy atom. The van der Waals surface area contributed by atoms with Crippen molar-refractivity contribution >= 4 is 11.7 Å². The van der Waals surface area contributed by atoms with Gasteiger partial charge in [-0.25, -0.2) is 9.38 Å². The number of amidine groups is 1. The molecule has 1 aliphatic rings. The topological polar surface area (TPSA) is 41.5 Å². The summed E-state index contributed by atoms with van der Waals surface area (Å²) in [4.78, 5) is 13.8. The highest BCUT2D eigenvalue weighted by Gasteiger charge is 2.78. The lowest BCUT2D eigenvalue weighted by Gasteiger charge is -2.27. The summed E-state index contributed by atoms with van der Waals surface area (Å²) in [6, 6.07) is 3.42. The molecule has 0 aliphatic carbocycles. The Hall–Kier alpha value is -2.13. The van der Waals surface area contributed by atoms with Gasteiger partial charge in [-0.1, -0.05) is 0 Å². The zero-order chi connectivity index (χ0) is 16.1. The molecule has 10 heteroatoms. The molecule has 1 N–H and O–H groups in total. The molecule has 1 heterocycles. The number of nitrogens with zero attached hydrogens (tertiary/aromatic N) is 1. The molecule has 114 valence electrons. The molecular weight excluding hydrogens is 309 g/mol. The van der Waals surface area contributed by atoms with Crippen molar-refractivity contribution in [2.45, 2.75) is 17.9 Å². The first-order valence-electron chi connectivity index (χ1n) is 5.30. The zero-order valence-corrected chi connectivity index (χ0v) is 9.81. The van der Waals surface area contributed by atoms with Crippen molar-refractivity contribution in [3.8, 4) is 0 Å². The summed E-state index contributed by atoms with van der Waals surface area (Å²) in [5, 5.41) is 1.44. The normalized spacial score (nSPS) is 18.4. The predicted molar refractivity (Wildman–Crippen MR) is 55.9 cm³/mol. The molecule has 0 aromatic heterocycles. The van der Waals surface area contributed by atoms with Crippen LogP contribution >= 0.6 is 0 Å². The molecule has 1 aromatic carbocycles. The molecule has 0 spiro atoms. The number of halogens is 7. The lowest BCUT2D eigenvalue weighted by Crippen LogP contribution is -2.61. The van der Waals surface area contributed by atoms with Gasteiger partial charge in [0.2, 0.25) is 0 Å². The third kappa shape index (κ3) is 2.24. The van der Waals surface area contributed by atoms with Gasteiger partial charge in [-0.3, -0.25) is 4.79 Å². The van der Waals surface area contributed by atoms with Crippen LogP contribution in [0.1, 0.15) is 5.56 Å². The Kier molecular flexibility index (Phi) is 3.22. The van der Waals surface area contributed by atoms with Crippen molar-refractivity contribution in [1.82, 2.24) is 5.32 Å². The van der Waals surface area contributed by atoms with Gasteiger partial charge < -0.3 is 5.32 Å². The van der Waals surface area contributed by atoms with E-state index in [0.717, 1.165) is 24.3 Å². The van der Waals surface area contributed by atoms with Crippen molar-refractivity contribution < 1.29 is 35.5 Å². The number of rotatable bonds is 1. The predicted octanol–water partition coefficient (Wildman–Crippen LogP) is 2.57. The quantitative estimate of drug-likeness (QED) is 0.795. The van der Waals surface area contributed by atoms with E-state index in [-0.39, 0.29) is 5.56 Å². The first kappa shape index (κ1) is 15.3. The molecule has 0 saturated carbocycles. The van der Waals surface area contributed by atoms with E-state index < -0.39 is 35.5 Å². The van der Waals surface area contributed by atoms with Crippen molar-refractivity contribution in [3.05, 3.63) is 35.6 Å². The Balaban J connectivity index is 2.58. The summed E-state index contributed by atoms with van der Waals surface area (Å²) in [6.45, 7) is 0. The number of hydrogen-bond donors (Lipinski definition) is 1. The summed E-state index contributed by atoms with van der Waals surface area (Å²) < 4.78 is 89.3. The Morgan fingerprint density at radius 3 is 1.81 bits per heavy atom. The average molecular weight is 314 g/mol. The molecule has 0 atom stereocenters. The van der Waals surface area contributed by atoms with Crippen LogP contribution in [0, 0.1) is 5.82 Å². The van der Waals surface area contributed by atoms with E-state index in [4.69, 9.17) is 0 Å². The summed E-state index contributed by atoms with van der Waals surface area (Å²) in [5.74, 6) is -4.02. The van der Waals surface area contributed by atoms with E-state index in [0.29, 0.717) is 0 Å². The van der Waals surface area contributed by atoms with Gasteiger partial charge in [-0.2, -0.15) is 26.3 Å². The summed E-state index contributed by atoms with van der Waals surface area (Å²) in [6.07, 6.45) is -11.9. The van der Waals surface area contributed by atoms with Crippen LogP contribution < -0.4 is 5.32 Å². The second kappa shape index (κ2) is 4.43. The first-order chi connectivity index (χ1) is 9.49. The van der Waals surface area contributed by atoms with Crippen LogP contribution in [-0.2, 0) is 4.79 Å². The molecule has 21 heavy (non-hydrogen) atoms. The van der Waals surface area contributed by atoms with Crippen LogP contribution in [0.25, 0.3) is 0 Å². The minimum atomic E-state index is -5.96. The third-order valence-corrected chi connectivity index (χ3v) is 2.78. The zero-order valence-electron chi connectivity index (χ0n) is 9.81. The van der Waals surface area contributed by atoms with Gasteiger partial charge in [0.25, 0.3) is 5.91 Å². The molecule has 0 bridgehead atoms. The smallest absolute Gasteiger partial charge is 0.308 e. The van der Waals surface area contributed by atoms with Crippen LogP contribution in [0.5, 0.6) is 0 Å². The average Bonchev–Trinajstić information content (AvgIpc) is 2.68. The number of alkyl halides is 6.